The van der Waals surface area contributed by atoms with Gasteiger partial charge in [0.2, 0.25) is 0 Å². The smallest absolute Gasteiger partial charge is 0.337 e. The van der Waals surface area contributed by atoms with E-state index in [-0.39, 0.29) is 23.4 Å². The van der Waals surface area contributed by atoms with Gasteiger partial charge in [-0.15, -0.1) is 0 Å². The molecule has 0 aliphatic carbocycles. The minimum absolute atomic E-state index is 0.0202. The maximum Gasteiger partial charge on any atom is 0.337 e. The summed E-state index contributed by atoms with van der Waals surface area (Å²) < 4.78 is 5.37. The first kappa shape index (κ1) is 20.7. The maximum atomic E-state index is 11.8. The molecular weight excluding hydrogens is 364 g/mol. The van der Waals surface area contributed by atoms with Gasteiger partial charge >= 0.3 is 6.03 Å². The number of urea groups is 1. The largest absolute Gasteiger partial charge is 0.484 e. The lowest BCUT2D eigenvalue weighted by Crippen LogP contribution is -2.45. The van der Waals surface area contributed by atoms with E-state index in [1.54, 1.807) is 12.1 Å². The van der Waals surface area contributed by atoms with E-state index in [0.717, 1.165) is 5.56 Å². The Hall–Kier alpha value is -3.62. The number of non-ortho nitro benzene ring substituents is 1. The van der Waals surface area contributed by atoms with Crippen molar-refractivity contribution >= 4 is 23.3 Å². The Kier molecular flexibility index (Phi) is 6.54. The van der Waals surface area contributed by atoms with Gasteiger partial charge in [0.05, 0.1) is 4.92 Å². The van der Waals surface area contributed by atoms with Crippen molar-refractivity contribution in [3.05, 3.63) is 64.2 Å². The van der Waals surface area contributed by atoms with Gasteiger partial charge in [-0.1, -0.05) is 39.0 Å². The molecule has 0 saturated carbocycles. The molecule has 0 bridgehead atoms. The summed E-state index contributed by atoms with van der Waals surface area (Å²) >= 11 is 0. The number of nitro benzene ring substituents is 1. The van der Waals surface area contributed by atoms with Crippen molar-refractivity contribution in [1.29, 1.82) is 0 Å². The molecule has 0 heterocycles. The first-order valence-corrected chi connectivity index (χ1v) is 8.49. The van der Waals surface area contributed by atoms with Crippen molar-refractivity contribution in [1.82, 2.24) is 10.9 Å². The second kappa shape index (κ2) is 8.85. The molecule has 0 aliphatic heterocycles. The standard InChI is InChI=1S/C19H22N4O5/c1-19(2,3)13-7-9-16(10-8-13)28-12-17(24)21-22-18(25)20-14-5-4-6-15(11-14)23(26)27/h4-11H,12H2,1-3H3,(H,21,24)(H2,20,22,25). The SMILES string of the molecule is CC(C)(C)c1ccc(OCC(=O)NNC(=O)Nc2cccc([N+](=O)[O-])c2)cc1. The second-order valence-electron chi connectivity index (χ2n) is 7.00. The molecule has 0 atom stereocenters. The van der Waals surface area contributed by atoms with Gasteiger partial charge in [0, 0.05) is 17.8 Å². The van der Waals surface area contributed by atoms with Crippen LogP contribution in [-0.4, -0.2) is 23.5 Å². The number of ether oxygens (including phenoxy) is 1. The third-order valence-corrected chi connectivity index (χ3v) is 3.72. The molecule has 2 rings (SSSR count). The molecule has 9 nitrogen and oxygen atoms in total. The quantitative estimate of drug-likeness (QED) is 0.538. The lowest BCUT2D eigenvalue weighted by Gasteiger charge is -2.19. The third kappa shape index (κ3) is 6.27. The zero-order valence-corrected chi connectivity index (χ0v) is 15.8. The van der Waals surface area contributed by atoms with Crippen LogP contribution >= 0.6 is 0 Å². The van der Waals surface area contributed by atoms with Crippen LogP contribution in [-0.2, 0) is 10.2 Å². The van der Waals surface area contributed by atoms with E-state index >= 15 is 0 Å². The average molecular weight is 386 g/mol. The summed E-state index contributed by atoms with van der Waals surface area (Å²) in [5, 5.41) is 13.1. The highest BCUT2D eigenvalue weighted by Gasteiger charge is 2.13. The first-order valence-electron chi connectivity index (χ1n) is 8.49. The number of hydrogen-bond donors (Lipinski definition) is 3. The molecule has 0 spiro atoms. The van der Waals surface area contributed by atoms with Gasteiger partial charge in [0.1, 0.15) is 5.75 Å². The Bertz CT molecular complexity index is 859. The van der Waals surface area contributed by atoms with Gasteiger partial charge in [0.25, 0.3) is 11.6 Å². The number of nitrogens with zero attached hydrogens (tertiary/aromatic N) is 1. The minimum atomic E-state index is -0.747. The number of carbonyl (C=O) groups is 2. The van der Waals surface area contributed by atoms with E-state index in [1.807, 2.05) is 12.1 Å². The molecule has 0 saturated heterocycles. The van der Waals surface area contributed by atoms with E-state index in [0.29, 0.717) is 5.75 Å². The van der Waals surface area contributed by atoms with Crippen molar-refractivity contribution < 1.29 is 19.2 Å². The summed E-state index contributed by atoms with van der Waals surface area (Å²) in [6.07, 6.45) is 0. The predicted octanol–water partition coefficient (Wildman–Crippen LogP) is 3.12. The lowest BCUT2D eigenvalue weighted by atomic mass is 9.87. The number of amides is 3. The second-order valence-corrected chi connectivity index (χ2v) is 7.00. The van der Waals surface area contributed by atoms with Crippen LogP contribution in [0.3, 0.4) is 0 Å². The Labute approximate surface area is 162 Å². The number of anilines is 1. The van der Waals surface area contributed by atoms with Crippen molar-refractivity contribution in [3.8, 4) is 5.75 Å². The van der Waals surface area contributed by atoms with Crippen molar-refractivity contribution in [2.75, 3.05) is 11.9 Å². The molecule has 9 heteroatoms. The number of hydrazine groups is 1. The molecule has 148 valence electrons. The summed E-state index contributed by atoms with van der Waals surface area (Å²) in [5.41, 5.74) is 5.55. The van der Waals surface area contributed by atoms with Crippen LogP contribution in [0.2, 0.25) is 0 Å². The molecule has 0 aromatic heterocycles. The Morgan fingerprint density at radius 1 is 1.07 bits per heavy atom. The highest BCUT2D eigenvalue weighted by atomic mass is 16.6. The molecule has 28 heavy (non-hydrogen) atoms. The molecule has 2 aromatic carbocycles. The first-order chi connectivity index (χ1) is 13.1. The van der Waals surface area contributed by atoms with Gasteiger partial charge < -0.3 is 10.1 Å². The number of rotatable bonds is 5. The molecule has 0 unspecified atom stereocenters. The number of benzene rings is 2. The third-order valence-electron chi connectivity index (χ3n) is 3.72. The number of nitro groups is 1. The normalized spacial score (nSPS) is 10.7. The fourth-order valence-corrected chi connectivity index (χ4v) is 2.22. The van der Waals surface area contributed by atoms with Crippen molar-refractivity contribution in [2.24, 2.45) is 0 Å². The van der Waals surface area contributed by atoms with Crippen LogP contribution in [0.1, 0.15) is 26.3 Å². The molecule has 0 radical (unpaired) electrons. The summed E-state index contributed by atoms with van der Waals surface area (Å²) in [7, 11) is 0. The average Bonchev–Trinajstić information content (AvgIpc) is 2.64. The Morgan fingerprint density at radius 2 is 1.75 bits per heavy atom. The molecule has 0 aliphatic rings. The monoisotopic (exact) mass is 386 g/mol. The van der Waals surface area contributed by atoms with Gasteiger partial charge in [-0.3, -0.25) is 20.3 Å². The summed E-state index contributed by atoms with van der Waals surface area (Å²) in [5.74, 6) is -0.0294. The van der Waals surface area contributed by atoms with Gasteiger partial charge in [0.15, 0.2) is 6.61 Å². The predicted molar refractivity (Wildman–Crippen MR) is 104 cm³/mol. The van der Waals surface area contributed by atoms with E-state index < -0.39 is 16.9 Å². The van der Waals surface area contributed by atoms with Crippen LogP contribution in [0.25, 0.3) is 0 Å². The molecule has 3 N–H and O–H groups in total. The van der Waals surface area contributed by atoms with E-state index in [9.17, 15) is 19.7 Å². The van der Waals surface area contributed by atoms with E-state index in [1.165, 1.54) is 24.3 Å². The zero-order chi connectivity index (χ0) is 20.7. The molecule has 2 aromatic rings. The maximum absolute atomic E-state index is 11.8. The van der Waals surface area contributed by atoms with Crippen molar-refractivity contribution in [2.45, 2.75) is 26.2 Å². The Morgan fingerprint density at radius 3 is 2.36 bits per heavy atom. The number of hydrogen-bond acceptors (Lipinski definition) is 5. The Balaban J connectivity index is 1.77. The highest BCUT2D eigenvalue weighted by Crippen LogP contribution is 2.24. The number of carbonyl (C=O) groups excluding carboxylic acids is 2. The van der Waals surface area contributed by atoms with Gasteiger partial charge in [-0.2, -0.15) is 0 Å². The van der Waals surface area contributed by atoms with E-state index in [4.69, 9.17) is 4.74 Å². The van der Waals surface area contributed by atoms with Crippen LogP contribution < -0.4 is 20.9 Å². The number of nitrogens with one attached hydrogen (secondary N) is 3. The van der Waals surface area contributed by atoms with Gasteiger partial charge in [-0.05, 0) is 29.2 Å². The van der Waals surface area contributed by atoms with Crippen molar-refractivity contribution in [3.63, 3.8) is 0 Å². The topological polar surface area (TPSA) is 123 Å². The van der Waals surface area contributed by atoms with Crippen LogP contribution in [0.15, 0.2) is 48.5 Å². The van der Waals surface area contributed by atoms with Crippen LogP contribution in [0.5, 0.6) is 5.75 Å². The summed E-state index contributed by atoms with van der Waals surface area (Å²) in [6, 6.07) is 12.1. The lowest BCUT2D eigenvalue weighted by molar-refractivity contribution is -0.384. The fraction of sp³-hybridized carbons (Fsp3) is 0.263. The molecular formula is C19H22N4O5. The minimum Gasteiger partial charge on any atom is -0.484 e. The molecule has 0 fully saturated rings. The summed E-state index contributed by atoms with van der Waals surface area (Å²) in [6.45, 7) is 6.01. The van der Waals surface area contributed by atoms with Gasteiger partial charge in [-0.25, -0.2) is 10.2 Å². The highest BCUT2D eigenvalue weighted by molar-refractivity contribution is 5.91. The van der Waals surface area contributed by atoms with Crippen LogP contribution in [0, 0.1) is 10.1 Å². The fourth-order valence-electron chi connectivity index (χ4n) is 2.22. The van der Waals surface area contributed by atoms with Crippen LogP contribution in [0.4, 0.5) is 16.2 Å². The summed E-state index contributed by atoms with van der Waals surface area (Å²) in [4.78, 5) is 33.7. The van der Waals surface area contributed by atoms with E-state index in [2.05, 4.69) is 36.9 Å². The molecule has 3 amide bonds. The zero-order valence-electron chi connectivity index (χ0n) is 15.8.